The van der Waals surface area contributed by atoms with Crippen LogP contribution >= 0.6 is 0 Å². The minimum absolute atomic E-state index is 0.0518. The first-order valence-corrected chi connectivity index (χ1v) is 11.5. The number of rotatable bonds is 6. The number of nitrogens with one attached hydrogen (secondary N) is 1. The summed E-state index contributed by atoms with van der Waals surface area (Å²) in [5.41, 5.74) is 3.57. The van der Waals surface area contributed by atoms with Gasteiger partial charge in [0.1, 0.15) is 0 Å². The number of benzene rings is 4. The summed E-state index contributed by atoms with van der Waals surface area (Å²) in [6.45, 7) is 0. The SMILES string of the molecule is CN(c1ccccc1)S(=O)(=O)c1cccc(C(=O)Nc2ccc(-c3ccccc3)cc2)c1. The van der Waals surface area contributed by atoms with Crippen molar-refractivity contribution in [1.82, 2.24) is 0 Å². The second kappa shape index (κ2) is 9.08. The molecule has 0 bridgehead atoms. The van der Waals surface area contributed by atoms with E-state index < -0.39 is 10.0 Å². The monoisotopic (exact) mass is 442 g/mol. The van der Waals surface area contributed by atoms with E-state index in [9.17, 15) is 13.2 Å². The van der Waals surface area contributed by atoms with Gasteiger partial charge >= 0.3 is 0 Å². The topological polar surface area (TPSA) is 66.5 Å². The van der Waals surface area contributed by atoms with Crippen molar-refractivity contribution in [2.45, 2.75) is 4.90 Å². The molecule has 6 heteroatoms. The number of sulfonamides is 1. The van der Waals surface area contributed by atoms with Gasteiger partial charge in [-0.3, -0.25) is 9.10 Å². The van der Waals surface area contributed by atoms with E-state index in [4.69, 9.17) is 0 Å². The predicted octanol–water partition coefficient (Wildman–Crippen LogP) is 5.43. The van der Waals surface area contributed by atoms with E-state index in [1.54, 1.807) is 36.4 Å². The second-order valence-corrected chi connectivity index (χ2v) is 9.20. The van der Waals surface area contributed by atoms with Crippen molar-refractivity contribution < 1.29 is 13.2 Å². The Balaban J connectivity index is 1.52. The smallest absolute Gasteiger partial charge is 0.264 e. The molecule has 0 aromatic heterocycles. The molecule has 4 rings (SSSR count). The zero-order chi connectivity index (χ0) is 22.6. The summed E-state index contributed by atoms with van der Waals surface area (Å²) in [6, 6.07) is 32.3. The number of carbonyl (C=O) groups is 1. The van der Waals surface area contributed by atoms with Crippen LogP contribution in [0.2, 0.25) is 0 Å². The van der Waals surface area contributed by atoms with Crippen molar-refractivity contribution >= 4 is 27.3 Å². The Labute approximate surface area is 188 Å². The highest BCUT2D eigenvalue weighted by Crippen LogP contribution is 2.24. The van der Waals surface area contributed by atoms with Crippen LogP contribution in [0.1, 0.15) is 10.4 Å². The predicted molar refractivity (Wildman–Crippen MR) is 128 cm³/mol. The van der Waals surface area contributed by atoms with E-state index in [0.717, 1.165) is 11.1 Å². The molecule has 4 aromatic rings. The summed E-state index contributed by atoms with van der Waals surface area (Å²) >= 11 is 0. The van der Waals surface area contributed by atoms with Crippen molar-refractivity contribution in [3.05, 3.63) is 115 Å². The minimum atomic E-state index is -3.80. The lowest BCUT2D eigenvalue weighted by Crippen LogP contribution is -2.26. The quantitative estimate of drug-likeness (QED) is 0.433. The molecule has 0 aliphatic carbocycles. The number of nitrogens with zero attached hydrogens (tertiary/aromatic N) is 1. The van der Waals surface area contributed by atoms with Gasteiger partial charge in [-0.2, -0.15) is 0 Å². The lowest BCUT2D eigenvalue weighted by Gasteiger charge is -2.19. The number of para-hydroxylation sites is 1. The van der Waals surface area contributed by atoms with Gasteiger partial charge in [0.05, 0.1) is 10.6 Å². The first-order chi connectivity index (χ1) is 15.4. The summed E-state index contributed by atoms with van der Waals surface area (Å²) in [6.07, 6.45) is 0. The molecule has 0 radical (unpaired) electrons. The van der Waals surface area contributed by atoms with Gasteiger partial charge in [0.2, 0.25) is 0 Å². The van der Waals surface area contributed by atoms with Crippen molar-refractivity contribution in [3.63, 3.8) is 0 Å². The molecule has 5 nitrogen and oxygen atoms in total. The molecule has 1 N–H and O–H groups in total. The van der Waals surface area contributed by atoms with E-state index >= 15 is 0 Å². The van der Waals surface area contributed by atoms with Gasteiger partial charge in [-0.15, -0.1) is 0 Å². The number of amides is 1. The average molecular weight is 443 g/mol. The molecule has 0 fully saturated rings. The van der Waals surface area contributed by atoms with E-state index in [0.29, 0.717) is 11.4 Å². The van der Waals surface area contributed by atoms with Crippen molar-refractivity contribution in [1.29, 1.82) is 0 Å². The Morgan fingerprint density at radius 2 is 1.31 bits per heavy atom. The fourth-order valence-electron chi connectivity index (χ4n) is 3.31. The van der Waals surface area contributed by atoms with Gasteiger partial charge in [0.25, 0.3) is 15.9 Å². The number of carbonyl (C=O) groups excluding carboxylic acids is 1. The molecule has 160 valence electrons. The van der Waals surface area contributed by atoms with Crippen LogP contribution in [0, 0.1) is 0 Å². The third kappa shape index (κ3) is 4.55. The Bertz CT molecular complexity index is 1320. The van der Waals surface area contributed by atoms with Crippen LogP contribution in [0.5, 0.6) is 0 Å². The van der Waals surface area contributed by atoms with Crippen LogP contribution in [-0.4, -0.2) is 21.4 Å². The average Bonchev–Trinajstić information content (AvgIpc) is 2.85. The van der Waals surface area contributed by atoms with Crippen LogP contribution in [0.15, 0.2) is 114 Å². The van der Waals surface area contributed by atoms with E-state index in [1.165, 1.54) is 23.5 Å². The van der Waals surface area contributed by atoms with E-state index in [-0.39, 0.29) is 16.4 Å². The van der Waals surface area contributed by atoms with Gasteiger partial charge in [-0.1, -0.05) is 66.7 Å². The summed E-state index contributed by atoms with van der Waals surface area (Å²) in [5, 5.41) is 2.83. The lowest BCUT2D eigenvalue weighted by atomic mass is 10.1. The Hall–Kier alpha value is -3.90. The van der Waals surface area contributed by atoms with E-state index in [1.807, 2.05) is 60.7 Å². The van der Waals surface area contributed by atoms with Crippen LogP contribution < -0.4 is 9.62 Å². The molecule has 0 aliphatic rings. The Morgan fingerprint density at radius 3 is 1.97 bits per heavy atom. The highest BCUT2D eigenvalue weighted by molar-refractivity contribution is 7.92. The standard InChI is InChI=1S/C26H22N2O3S/c1-28(24-12-6-3-7-13-24)32(30,31)25-14-8-11-22(19-25)26(29)27-23-17-15-21(16-18-23)20-9-4-2-5-10-20/h2-19H,1H3,(H,27,29). The van der Waals surface area contributed by atoms with Gasteiger partial charge in [0, 0.05) is 18.3 Å². The number of hydrogen-bond donors (Lipinski definition) is 1. The zero-order valence-corrected chi connectivity index (χ0v) is 18.3. The molecule has 0 heterocycles. The number of anilines is 2. The lowest BCUT2D eigenvalue weighted by molar-refractivity contribution is 0.102. The summed E-state index contributed by atoms with van der Waals surface area (Å²) in [4.78, 5) is 12.8. The summed E-state index contributed by atoms with van der Waals surface area (Å²) in [7, 11) is -2.31. The Morgan fingerprint density at radius 1 is 0.719 bits per heavy atom. The van der Waals surface area contributed by atoms with Gasteiger partial charge < -0.3 is 5.32 Å². The molecule has 32 heavy (non-hydrogen) atoms. The minimum Gasteiger partial charge on any atom is -0.322 e. The number of hydrogen-bond acceptors (Lipinski definition) is 3. The highest BCUT2D eigenvalue weighted by Gasteiger charge is 2.22. The van der Waals surface area contributed by atoms with E-state index in [2.05, 4.69) is 5.32 Å². The first kappa shape index (κ1) is 21.3. The van der Waals surface area contributed by atoms with Gasteiger partial charge in [-0.25, -0.2) is 8.42 Å². The van der Waals surface area contributed by atoms with Crippen molar-refractivity contribution in [2.24, 2.45) is 0 Å². The second-order valence-electron chi connectivity index (χ2n) is 7.23. The molecule has 0 aliphatic heterocycles. The summed E-state index contributed by atoms with van der Waals surface area (Å²) in [5.74, 6) is -0.378. The van der Waals surface area contributed by atoms with Crippen LogP contribution in [0.4, 0.5) is 11.4 Å². The third-order valence-electron chi connectivity index (χ3n) is 5.12. The molecule has 0 unspecified atom stereocenters. The molecule has 0 atom stereocenters. The first-order valence-electron chi connectivity index (χ1n) is 10.1. The molecule has 1 amide bonds. The zero-order valence-electron chi connectivity index (χ0n) is 17.5. The fraction of sp³-hybridized carbons (Fsp3) is 0.0385. The molecule has 0 saturated carbocycles. The molecule has 0 spiro atoms. The maximum atomic E-state index is 13.0. The van der Waals surface area contributed by atoms with Crippen molar-refractivity contribution in [3.8, 4) is 11.1 Å². The maximum Gasteiger partial charge on any atom is 0.264 e. The van der Waals surface area contributed by atoms with Gasteiger partial charge in [-0.05, 0) is 53.6 Å². The van der Waals surface area contributed by atoms with Crippen LogP contribution in [0.25, 0.3) is 11.1 Å². The van der Waals surface area contributed by atoms with Gasteiger partial charge in [0.15, 0.2) is 0 Å². The van der Waals surface area contributed by atoms with Crippen molar-refractivity contribution in [2.75, 3.05) is 16.7 Å². The third-order valence-corrected chi connectivity index (χ3v) is 6.91. The normalized spacial score (nSPS) is 11.0. The maximum absolute atomic E-state index is 13.0. The fourth-order valence-corrected chi connectivity index (χ4v) is 4.55. The molecule has 0 saturated heterocycles. The molecular formula is C26H22N2O3S. The molecular weight excluding hydrogens is 420 g/mol. The molecule has 4 aromatic carbocycles. The highest BCUT2D eigenvalue weighted by atomic mass is 32.2. The van der Waals surface area contributed by atoms with Crippen LogP contribution in [0.3, 0.4) is 0 Å². The largest absolute Gasteiger partial charge is 0.322 e. The summed E-state index contributed by atoms with van der Waals surface area (Å²) < 4.78 is 27.3. The van der Waals surface area contributed by atoms with Crippen LogP contribution in [-0.2, 0) is 10.0 Å². The Kier molecular flexibility index (Phi) is 6.05.